The Balaban J connectivity index is 1.91. The van der Waals surface area contributed by atoms with Crippen molar-refractivity contribution in [3.8, 4) is 17.3 Å². The van der Waals surface area contributed by atoms with E-state index in [-0.39, 0.29) is 5.56 Å². The number of aromatic hydroxyl groups is 1. The zero-order valence-electron chi connectivity index (χ0n) is 14.3. The Hall–Kier alpha value is -3.87. The van der Waals surface area contributed by atoms with Crippen LogP contribution in [0.4, 0.5) is 5.69 Å². The van der Waals surface area contributed by atoms with Crippen molar-refractivity contribution in [3.05, 3.63) is 80.5 Å². The fourth-order valence-electron chi connectivity index (χ4n) is 2.97. The molecule has 0 saturated carbocycles. The summed E-state index contributed by atoms with van der Waals surface area (Å²) >= 11 is 0. The summed E-state index contributed by atoms with van der Waals surface area (Å²) in [6, 6.07) is 14.1. The minimum absolute atomic E-state index is 0.0319. The monoisotopic (exact) mass is 361 g/mol. The quantitative estimate of drug-likeness (QED) is 0.749. The SMILES string of the molecule is COc1cccc(-n2c(O)c(C=C3C=Nc4ccccc43)c(=O)[nH]c2=O)c1. The lowest BCUT2D eigenvalue weighted by molar-refractivity contribution is 0.412. The molecule has 0 unspecified atom stereocenters. The normalized spacial score (nSPS) is 13.7. The van der Waals surface area contributed by atoms with Gasteiger partial charge in [-0.05, 0) is 24.3 Å². The molecule has 3 aromatic rings. The Bertz CT molecular complexity index is 1220. The number of methoxy groups -OCH3 is 1. The molecule has 0 aliphatic carbocycles. The molecule has 0 fully saturated rings. The lowest BCUT2D eigenvalue weighted by atomic mass is 10.1. The number of allylic oxidation sites excluding steroid dienone is 1. The number of aromatic nitrogens is 2. The number of nitrogens with one attached hydrogen (secondary N) is 1. The highest BCUT2D eigenvalue weighted by atomic mass is 16.5. The largest absolute Gasteiger partial charge is 0.497 e. The summed E-state index contributed by atoms with van der Waals surface area (Å²) < 4.78 is 6.18. The van der Waals surface area contributed by atoms with Crippen molar-refractivity contribution in [2.75, 3.05) is 7.11 Å². The van der Waals surface area contributed by atoms with Crippen molar-refractivity contribution in [1.82, 2.24) is 9.55 Å². The van der Waals surface area contributed by atoms with Crippen LogP contribution in [0.1, 0.15) is 11.1 Å². The van der Waals surface area contributed by atoms with Gasteiger partial charge in [-0.15, -0.1) is 0 Å². The molecule has 2 N–H and O–H groups in total. The maximum absolute atomic E-state index is 12.3. The van der Waals surface area contributed by atoms with Gasteiger partial charge in [0.1, 0.15) is 11.3 Å². The van der Waals surface area contributed by atoms with Crippen molar-refractivity contribution < 1.29 is 9.84 Å². The maximum atomic E-state index is 12.3. The molecule has 0 saturated heterocycles. The molecule has 1 aliphatic heterocycles. The fraction of sp³-hybridized carbons (Fsp3) is 0.0500. The Morgan fingerprint density at radius 1 is 1.15 bits per heavy atom. The highest BCUT2D eigenvalue weighted by Crippen LogP contribution is 2.32. The number of benzene rings is 2. The number of aromatic amines is 1. The van der Waals surface area contributed by atoms with Gasteiger partial charge in [-0.3, -0.25) is 14.8 Å². The number of para-hydroxylation sites is 1. The summed E-state index contributed by atoms with van der Waals surface area (Å²) in [6.07, 6.45) is 3.13. The van der Waals surface area contributed by atoms with Crippen molar-refractivity contribution in [2.45, 2.75) is 0 Å². The average Bonchev–Trinajstić information content (AvgIpc) is 3.08. The van der Waals surface area contributed by atoms with Crippen LogP contribution in [0.25, 0.3) is 17.3 Å². The maximum Gasteiger partial charge on any atom is 0.335 e. The third kappa shape index (κ3) is 2.85. The van der Waals surface area contributed by atoms with Crippen LogP contribution in [0, 0.1) is 0 Å². The molecule has 0 bridgehead atoms. The Labute approximate surface area is 153 Å². The molecule has 2 heterocycles. The Kier molecular flexibility index (Phi) is 3.97. The summed E-state index contributed by atoms with van der Waals surface area (Å²) in [5.41, 5.74) is 1.21. The second-order valence-corrected chi connectivity index (χ2v) is 5.91. The predicted molar refractivity (Wildman–Crippen MR) is 103 cm³/mol. The van der Waals surface area contributed by atoms with E-state index >= 15 is 0 Å². The fourth-order valence-corrected chi connectivity index (χ4v) is 2.97. The van der Waals surface area contributed by atoms with Crippen LogP contribution in [0.3, 0.4) is 0 Å². The van der Waals surface area contributed by atoms with Gasteiger partial charge in [0.15, 0.2) is 0 Å². The van der Waals surface area contributed by atoms with Crippen LogP contribution in [0.5, 0.6) is 11.6 Å². The number of hydrogen-bond donors (Lipinski definition) is 2. The molecular formula is C20H15N3O4. The molecular weight excluding hydrogens is 346 g/mol. The Morgan fingerprint density at radius 3 is 2.78 bits per heavy atom. The standard InChI is InChI=1S/C20H15N3O4/c1-27-14-6-4-5-13(10-14)23-19(25)16(18(24)22-20(23)26)9-12-11-21-17-8-3-2-7-15(12)17/h2-11,25H,1H3,(H,22,24,26). The molecule has 4 rings (SSSR count). The van der Waals surface area contributed by atoms with Gasteiger partial charge in [-0.1, -0.05) is 24.3 Å². The van der Waals surface area contributed by atoms with Crippen LogP contribution in [-0.2, 0) is 0 Å². The first-order chi connectivity index (χ1) is 13.1. The minimum atomic E-state index is -0.742. The number of nitrogens with zero attached hydrogens (tertiary/aromatic N) is 2. The lowest BCUT2D eigenvalue weighted by Gasteiger charge is -2.11. The molecule has 1 aromatic heterocycles. The third-order valence-corrected chi connectivity index (χ3v) is 4.29. The van der Waals surface area contributed by atoms with Gasteiger partial charge in [0.2, 0.25) is 5.88 Å². The van der Waals surface area contributed by atoms with E-state index in [2.05, 4.69) is 9.98 Å². The summed E-state index contributed by atoms with van der Waals surface area (Å²) in [4.78, 5) is 31.2. The molecule has 7 heteroatoms. The number of fused-ring (bicyclic) bond motifs is 1. The van der Waals surface area contributed by atoms with Gasteiger partial charge in [0.25, 0.3) is 5.56 Å². The molecule has 134 valence electrons. The van der Waals surface area contributed by atoms with Gasteiger partial charge >= 0.3 is 5.69 Å². The average molecular weight is 361 g/mol. The van der Waals surface area contributed by atoms with Gasteiger partial charge in [-0.2, -0.15) is 0 Å². The summed E-state index contributed by atoms with van der Waals surface area (Å²) in [5.74, 6) is 0.0593. The second kappa shape index (κ2) is 6.45. The van der Waals surface area contributed by atoms with Gasteiger partial charge in [-0.25, -0.2) is 9.36 Å². The van der Waals surface area contributed by atoms with Crippen molar-refractivity contribution in [3.63, 3.8) is 0 Å². The highest BCUT2D eigenvalue weighted by Gasteiger charge is 2.17. The van der Waals surface area contributed by atoms with E-state index in [0.717, 1.165) is 15.8 Å². The van der Waals surface area contributed by atoms with E-state index in [1.165, 1.54) is 13.2 Å². The number of rotatable bonds is 3. The number of ether oxygens (including phenoxy) is 1. The molecule has 0 spiro atoms. The molecule has 2 aromatic carbocycles. The van der Waals surface area contributed by atoms with E-state index in [9.17, 15) is 14.7 Å². The second-order valence-electron chi connectivity index (χ2n) is 5.91. The molecule has 1 aliphatic rings. The Morgan fingerprint density at radius 2 is 1.96 bits per heavy atom. The molecule has 0 amide bonds. The van der Waals surface area contributed by atoms with Crippen LogP contribution < -0.4 is 16.0 Å². The first-order valence-corrected chi connectivity index (χ1v) is 8.16. The van der Waals surface area contributed by atoms with E-state index < -0.39 is 17.1 Å². The van der Waals surface area contributed by atoms with Gasteiger partial charge in [0, 0.05) is 23.4 Å². The minimum Gasteiger partial charge on any atom is -0.497 e. The zero-order valence-corrected chi connectivity index (χ0v) is 14.3. The highest BCUT2D eigenvalue weighted by molar-refractivity contribution is 6.21. The van der Waals surface area contributed by atoms with Gasteiger partial charge in [0.05, 0.1) is 18.5 Å². The number of hydrogen-bond acceptors (Lipinski definition) is 5. The van der Waals surface area contributed by atoms with Crippen LogP contribution >= 0.6 is 0 Å². The first kappa shape index (κ1) is 16.6. The van der Waals surface area contributed by atoms with Gasteiger partial charge < -0.3 is 9.84 Å². The molecule has 0 radical (unpaired) electrons. The molecule has 0 atom stereocenters. The number of aliphatic imine (C=N–C) groups is 1. The third-order valence-electron chi connectivity index (χ3n) is 4.29. The summed E-state index contributed by atoms with van der Waals surface area (Å²) in [6.45, 7) is 0. The first-order valence-electron chi connectivity index (χ1n) is 8.16. The van der Waals surface area contributed by atoms with E-state index in [1.54, 1.807) is 30.5 Å². The van der Waals surface area contributed by atoms with E-state index in [4.69, 9.17) is 4.74 Å². The zero-order chi connectivity index (χ0) is 19.0. The van der Waals surface area contributed by atoms with E-state index in [1.807, 2.05) is 24.3 Å². The van der Waals surface area contributed by atoms with Crippen molar-refractivity contribution >= 4 is 23.6 Å². The topological polar surface area (TPSA) is 96.7 Å². The molecule has 27 heavy (non-hydrogen) atoms. The smallest absolute Gasteiger partial charge is 0.335 e. The predicted octanol–water partition coefficient (Wildman–Crippen LogP) is 2.50. The summed E-state index contributed by atoms with van der Waals surface area (Å²) in [7, 11) is 1.50. The van der Waals surface area contributed by atoms with Crippen LogP contribution in [0.15, 0.2) is 63.1 Å². The van der Waals surface area contributed by atoms with E-state index in [0.29, 0.717) is 17.0 Å². The van der Waals surface area contributed by atoms with Crippen LogP contribution in [-0.4, -0.2) is 28.0 Å². The van der Waals surface area contributed by atoms with Crippen molar-refractivity contribution in [2.24, 2.45) is 4.99 Å². The number of H-pyrrole nitrogens is 1. The lowest BCUT2D eigenvalue weighted by Crippen LogP contribution is -2.30. The van der Waals surface area contributed by atoms with Crippen LogP contribution in [0.2, 0.25) is 0 Å². The summed E-state index contributed by atoms with van der Waals surface area (Å²) in [5, 5.41) is 10.7. The van der Waals surface area contributed by atoms with Crippen molar-refractivity contribution in [1.29, 1.82) is 0 Å². The molecule has 7 nitrogen and oxygen atoms in total.